The number of nitrogens with one attached hydrogen (secondary N) is 2. The minimum Gasteiger partial charge on any atom is -0.356 e. The van der Waals surface area contributed by atoms with Gasteiger partial charge < -0.3 is 5.32 Å². The average Bonchev–Trinajstić information content (AvgIpc) is 2.34. The summed E-state index contributed by atoms with van der Waals surface area (Å²) in [5.74, 6) is 0.507. The smallest absolute Gasteiger partial charge is 0.255 e. The molecule has 0 aliphatic rings. The fourth-order valence-electron chi connectivity index (χ4n) is 1.53. The predicted octanol–water partition coefficient (Wildman–Crippen LogP) is 1.19. The van der Waals surface area contributed by atoms with Crippen molar-refractivity contribution in [3.63, 3.8) is 0 Å². The Morgan fingerprint density at radius 3 is 2.94 bits per heavy atom. The van der Waals surface area contributed by atoms with Gasteiger partial charge in [-0.2, -0.15) is 0 Å². The molecule has 2 aromatic rings. The van der Waals surface area contributed by atoms with E-state index in [1.165, 1.54) is 0 Å². The van der Waals surface area contributed by atoms with Crippen molar-refractivity contribution in [3.8, 4) is 0 Å². The van der Waals surface area contributed by atoms with Crippen molar-refractivity contribution >= 4 is 5.95 Å². The van der Waals surface area contributed by atoms with Crippen molar-refractivity contribution in [2.75, 3.05) is 11.9 Å². The van der Waals surface area contributed by atoms with Gasteiger partial charge in [-0.25, -0.2) is 4.98 Å². The normalized spacial score (nSPS) is 10.2. The van der Waals surface area contributed by atoms with E-state index in [2.05, 4.69) is 20.3 Å². The van der Waals surface area contributed by atoms with Crippen molar-refractivity contribution in [2.45, 2.75) is 13.3 Å². The minimum absolute atomic E-state index is 0.111. The van der Waals surface area contributed by atoms with Crippen LogP contribution in [0.5, 0.6) is 0 Å². The fraction of sp³-hybridized carbons (Fsp3) is 0.250. The van der Waals surface area contributed by atoms with Gasteiger partial charge in [0.2, 0.25) is 5.95 Å². The van der Waals surface area contributed by atoms with Gasteiger partial charge in [-0.3, -0.25) is 14.8 Å². The summed E-state index contributed by atoms with van der Waals surface area (Å²) in [6.45, 7) is 2.68. The highest BCUT2D eigenvalue weighted by Crippen LogP contribution is 2.03. The van der Waals surface area contributed by atoms with Crippen LogP contribution in [0.3, 0.4) is 0 Å². The van der Waals surface area contributed by atoms with Gasteiger partial charge in [-0.05, 0) is 18.6 Å². The molecular weight excluding hydrogens is 216 g/mol. The fourth-order valence-corrected chi connectivity index (χ4v) is 1.53. The molecule has 0 aromatic carbocycles. The molecule has 88 valence electrons. The summed E-state index contributed by atoms with van der Waals surface area (Å²) >= 11 is 0. The summed E-state index contributed by atoms with van der Waals surface area (Å²) in [4.78, 5) is 22.6. The summed E-state index contributed by atoms with van der Waals surface area (Å²) in [7, 11) is 0. The Balaban J connectivity index is 2.20. The van der Waals surface area contributed by atoms with Crippen LogP contribution in [0.2, 0.25) is 0 Å². The molecule has 0 aliphatic carbocycles. The third-order valence-electron chi connectivity index (χ3n) is 2.33. The van der Waals surface area contributed by atoms with Crippen LogP contribution in [0.1, 0.15) is 18.1 Å². The quantitative estimate of drug-likeness (QED) is 0.827. The van der Waals surface area contributed by atoms with Crippen molar-refractivity contribution in [1.82, 2.24) is 15.0 Å². The molecule has 0 spiro atoms. The van der Waals surface area contributed by atoms with E-state index in [0.717, 1.165) is 12.1 Å². The number of rotatable bonds is 4. The standard InChI is InChI=1S/C12H14N4O/c1-2-14-12-15-8-10(11(17)16-12)6-9-4-3-5-13-7-9/h3-5,7-8H,2,6H2,1H3,(H2,14,15,16,17). The van der Waals surface area contributed by atoms with Gasteiger partial charge in [0.1, 0.15) is 0 Å². The van der Waals surface area contributed by atoms with Gasteiger partial charge in [0, 0.05) is 37.1 Å². The first-order valence-electron chi connectivity index (χ1n) is 5.50. The molecule has 0 aliphatic heterocycles. The summed E-state index contributed by atoms with van der Waals surface area (Å²) in [5.41, 5.74) is 1.52. The van der Waals surface area contributed by atoms with Crippen LogP contribution < -0.4 is 10.9 Å². The van der Waals surface area contributed by atoms with Crippen LogP contribution >= 0.6 is 0 Å². The molecule has 0 radical (unpaired) electrons. The molecule has 5 heteroatoms. The third-order valence-corrected chi connectivity index (χ3v) is 2.33. The molecule has 0 unspecified atom stereocenters. The van der Waals surface area contributed by atoms with Gasteiger partial charge in [0.25, 0.3) is 5.56 Å². The Bertz CT molecular complexity index is 536. The lowest BCUT2D eigenvalue weighted by molar-refractivity contribution is 1.00. The van der Waals surface area contributed by atoms with Crippen molar-refractivity contribution in [1.29, 1.82) is 0 Å². The van der Waals surface area contributed by atoms with Crippen LogP contribution in [-0.4, -0.2) is 21.5 Å². The molecule has 2 aromatic heterocycles. The van der Waals surface area contributed by atoms with E-state index in [1.807, 2.05) is 19.1 Å². The van der Waals surface area contributed by atoms with Crippen molar-refractivity contribution < 1.29 is 0 Å². The summed E-state index contributed by atoms with van der Waals surface area (Å²) in [6, 6.07) is 3.79. The summed E-state index contributed by atoms with van der Waals surface area (Å²) in [5, 5.41) is 2.96. The Morgan fingerprint density at radius 2 is 2.29 bits per heavy atom. The average molecular weight is 230 g/mol. The lowest BCUT2D eigenvalue weighted by atomic mass is 10.1. The molecule has 0 amide bonds. The maximum Gasteiger partial charge on any atom is 0.255 e. The minimum atomic E-state index is -0.111. The zero-order chi connectivity index (χ0) is 12.1. The van der Waals surface area contributed by atoms with Gasteiger partial charge in [-0.1, -0.05) is 6.07 Å². The van der Waals surface area contributed by atoms with Gasteiger partial charge in [-0.15, -0.1) is 0 Å². The van der Waals surface area contributed by atoms with Crippen LogP contribution in [0.4, 0.5) is 5.95 Å². The summed E-state index contributed by atoms with van der Waals surface area (Å²) in [6.07, 6.45) is 5.60. The van der Waals surface area contributed by atoms with Gasteiger partial charge in [0.05, 0.1) is 0 Å². The van der Waals surface area contributed by atoms with Gasteiger partial charge in [0.15, 0.2) is 0 Å². The highest BCUT2D eigenvalue weighted by Gasteiger charge is 2.03. The summed E-state index contributed by atoms with van der Waals surface area (Å²) < 4.78 is 0. The third kappa shape index (κ3) is 2.90. The first-order valence-corrected chi connectivity index (χ1v) is 5.50. The van der Waals surface area contributed by atoms with E-state index in [1.54, 1.807) is 18.6 Å². The molecule has 2 heterocycles. The van der Waals surface area contributed by atoms with Crippen LogP contribution in [0, 0.1) is 0 Å². The van der Waals surface area contributed by atoms with Crippen LogP contribution in [-0.2, 0) is 6.42 Å². The molecule has 2 rings (SSSR count). The van der Waals surface area contributed by atoms with Crippen LogP contribution in [0.15, 0.2) is 35.5 Å². The largest absolute Gasteiger partial charge is 0.356 e. The monoisotopic (exact) mass is 230 g/mol. The van der Waals surface area contributed by atoms with E-state index < -0.39 is 0 Å². The second-order valence-corrected chi connectivity index (χ2v) is 3.65. The highest BCUT2D eigenvalue weighted by molar-refractivity contribution is 5.27. The number of aromatic nitrogens is 3. The topological polar surface area (TPSA) is 70.7 Å². The van der Waals surface area contributed by atoms with Crippen molar-refractivity contribution in [3.05, 3.63) is 52.2 Å². The zero-order valence-electron chi connectivity index (χ0n) is 9.60. The molecule has 0 bridgehead atoms. The van der Waals surface area contributed by atoms with Gasteiger partial charge >= 0.3 is 0 Å². The number of hydrogen-bond acceptors (Lipinski definition) is 4. The Kier molecular flexibility index (Phi) is 3.49. The van der Waals surface area contributed by atoms with E-state index in [-0.39, 0.29) is 5.56 Å². The molecule has 17 heavy (non-hydrogen) atoms. The number of pyridine rings is 1. The molecule has 0 saturated carbocycles. The van der Waals surface area contributed by atoms with E-state index in [0.29, 0.717) is 17.9 Å². The van der Waals surface area contributed by atoms with Crippen LogP contribution in [0.25, 0.3) is 0 Å². The Morgan fingerprint density at radius 1 is 1.41 bits per heavy atom. The SMILES string of the molecule is CCNc1ncc(Cc2cccnc2)c(=O)[nH]1. The first-order chi connectivity index (χ1) is 8.29. The predicted molar refractivity (Wildman–Crippen MR) is 66.1 cm³/mol. The molecule has 0 fully saturated rings. The number of anilines is 1. The number of hydrogen-bond donors (Lipinski definition) is 2. The highest BCUT2D eigenvalue weighted by atomic mass is 16.1. The second kappa shape index (κ2) is 5.25. The van der Waals surface area contributed by atoms with E-state index in [4.69, 9.17) is 0 Å². The zero-order valence-corrected chi connectivity index (χ0v) is 9.60. The number of H-pyrrole nitrogens is 1. The molecule has 5 nitrogen and oxygen atoms in total. The second-order valence-electron chi connectivity index (χ2n) is 3.65. The molecule has 0 saturated heterocycles. The molecule has 2 N–H and O–H groups in total. The van der Waals surface area contributed by atoms with E-state index in [9.17, 15) is 4.79 Å². The Labute approximate surface area is 99.0 Å². The number of aromatic amines is 1. The number of nitrogens with zero attached hydrogens (tertiary/aromatic N) is 2. The lowest BCUT2D eigenvalue weighted by Gasteiger charge is -2.03. The van der Waals surface area contributed by atoms with Crippen molar-refractivity contribution in [2.24, 2.45) is 0 Å². The van der Waals surface area contributed by atoms with E-state index >= 15 is 0 Å². The Hall–Kier alpha value is -2.17. The molecular formula is C12H14N4O. The lowest BCUT2D eigenvalue weighted by Crippen LogP contribution is -2.17. The molecule has 0 atom stereocenters. The maximum atomic E-state index is 11.8. The first kappa shape index (κ1) is 11.3. The maximum absolute atomic E-state index is 11.8.